The number of thiol groups is 1. The maximum absolute atomic E-state index is 5.07. The molecule has 0 spiro atoms. The molecule has 0 atom stereocenters. The number of aryl methyl sites for hydroxylation is 2. The van der Waals surface area contributed by atoms with Crippen molar-refractivity contribution in [2.24, 2.45) is 5.14 Å². The summed E-state index contributed by atoms with van der Waals surface area (Å²) < 4.78 is 1.40. The number of para-hydroxylation sites is 1. The Balaban J connectivity index is 0.00000298. The van der Waals surface area contributed by atoms with Crippen molar-refractivity contribution in [3.8, 4) is 0 Å². The van der Waals surface area contributed by atoms with Gasteiger partial charge in [0.25, 0.3) is 0 Å². The number of rotatable bonds is 22. The Kier molecular flexibility index (Phi) is 22.1. The van der Waals surface area contributed by atoms with Crippen LogP contribution in [0.3, 0.4) is 0 Å². The molecule has 0 aliphatic rings. The van der Waals surface area contributed by atoms with E-state index in [0.29, 0.717) is 0 Å². The van der Waals surface area contributed by atoms with Crippen LogP contribution < -0.4 is 5.14 Å². The van der Waals surface area contributed by atoms with Gasteiger partial charge in [-0.2, -0.15) is 0 Å². The van der Waals surface area contributed by atoms with Crippen molar-refractivity contribution in [2.45, 2.75) is 155 Å². The topological polar surface area (TPSA) is 38.9 Å². The molecule has 0 radical (unpaired) electrons. The molecule has 0 aliphatic carbocycles. The van der Waals surface area contributed by atoms with Crippen molar-refractivity contribution in [2.75, 3.05) is 0 Å². The summed E-state index contributed by atoms with van der Waals surface area (Å²) in [6.45, 7) is 4.59. The van der Waals surface area contributed by atoms with Crippen LogP contribution in [0.15, 0.2) is 18.2 Å². The maximum Gasteiger partial charge on any atom is 0.0938 e. The summed E-state index contributed by atoms with van der Waals surface area (Å²) in [5, 5.41) is 5.56. The third kappa shape index (κ3) is 16.0. The number of hydrogen-bond donors (Lipinski definition) is 2. The maximum atomic E-state index is 5.07. The van der Waals surface area contributed by atoms with Gasteiger partial charge < -0.3 is 0 Å². The monoisotopic (exact) mass is 520 g/mol. The second-order valence-corrected chi connectivity index (χ2v) is 11.4. The lowest BCUT2D eigenvalue weighted by atomic mass is 10.0. The predicted octanol–water partition coefficient (Wildman–Crippen LogP) is 11.0. The molecule has 1 aromatic carbocycles. The largest absolute Gasteiger partial charge is 0.281 e. The fourth-order valence-corrected chi connectivity index (χ4v) is 5.98. The normalized spacial score (nSPS) is 11.1. The molecule has 4 heteroatoms. The Morgan fingerprint density at radius 2 is 1.03 bits per heavy atom. The Labute approximate surface area is 227 Å². The number of hydrogen-bond acceptors (Lipinski definition) is 4. The number of thiazole rings is 1. The van der Waals surface area contributed by atoms with Crippen LogP contribution in [-0.2, 0) is 12.8 Å². The second-order valence-electron chi connectivity index (χ2n) is 10.2. The summed E-state index contributed by atoms with van der Waals surface area (Å²) in [7, 11) is 0. The van der Waals surface area contributed by atoms with E-state index >= 15 is 0 Å². The summed E-state index contributed by atoms with van der Waals surface area (Å²) in [5.41, 5.74) is 2.79. The average molecular weight is 521 g/mol. The molecule has 1 heterocycles. The number of fused-ring (bicyclic) bond motifs is 1. The first kappa shape index (κ1) is 32.4. The number of nitrogens with two attached hydrogens (primary N) is 1. The van der Waals surface area contributed by atoms with Gasteiger partial charge in [0.2, 0.25) is 0 Å². The highest BCUT2D eigenvalue weighted by atomic mass is 32.1. The van der Waals surface area contributed by atoms with E-state index < -0.39 is 0 Å². The molecule has 2 nitrogen and oxygen atoms in total. The van der Waals surface area contributed by atoms with Crippen molar-refractivity contribution < 1.29 is 0 Å². The summed E-state index contributed by atoms with van der Waals surface area (Å²) in [4.78, 5) is 5.07. The molecule has 0 unspecified atom stereocenters. The zero-order chi connectivity index (χ0) is 25.4. The SMILES string of the molecule is CCCCCCCCCCCCc1nc2c(CCCCCCCCCCCC)cccc2s1.NS. The van der Waals surface area contributed by atoms with Gasteiger partial charge in [0.05, 0.1) is 15.2 Å². The van der Waals surface area contributed by atoms with E-state index in [-0.39, 0.29) is 0 Å². The molecule has 0 aliphatic heterocycles. The quantitative estimate of drug-likeness (QED) is 0.120. The lowest BCUT2D eigenvalue weighted by Gasteiger charge is -2.04. The van der Waals surface area contributed by atoms with Crippen LogP contribution in [0.2, 0.25) is 0 Å². The second kappa shape index (κ2) is 23.8. The highest BCUT2D eigenvalue weighted by molar-refractivity contribution is 7.77. The lowest BCUT2D eigenvalue weighted by Crippen LogP contribution is -1.90. The highest BCUT2D eigenvalue weighted by Crippen LogP contribution is 2.27. The average Bonchev–Trinajstić information content (AvgIpc) is 3.31. The van der Waals surface area contributed by atoms with E-state index in [9.17, 15) is 0 Å². The molecule has 0 fully saturated rings. The Morgan fingerprint density at radius 3 is 1.51 bits per heavy atom. The number of aromatic nitrogens is 1. The van der Waals surface area contributed by atoms with Gasteiger partial charge in [-0.25, -0.2) is 4.98 Å². The minimum atomic E-state index is 1.17. The summed E-state index contributed by atoms with van der Waals surface area (Å²) in [6, 6.07) is 6.84. The fraction of sp³-hybridized carbons (Fsp3) is 0.774. The van der Waals surface area contributed by atoms with Crippen LogP contribution in [0.4, 0.5) is 0 Å². The lowest BCUT2D eigenvalue weighted by molar-refractivity contribution is 0.556. The van der Waals surface area contributed by atoms with E-state index in [1.807, 2.05) is 11.3 Å². The van der Waals surface area contributed by atoms with Crippen LogP contribution in [0.5, 0.6) is 0 Å². The standard InChI is InChI=1S/C31H53NS.H3NS/c1-3-5-7-9-11-13-15-17-19-21-24-28-25-23-26-29-31(28)32-30(33-29)27-22-20-18-16-14-12-10-8-6-4-2;1-2/h23,25-26H,3-22,24,27H2,1-2H3;2H,1H2. The fourth-order valence-electron chi connectivity index (χ4n) is 4.93. The molecular weight excluding hydrogens is 464 g/mol. The van der Waals surface area contributed by atoms with Crippen LogP contribution in [0.25, 0.3) is 10.2 Å². The molecule has 1 aromatic heterocycles. The molecule has 35 heavy (non-hydrogen) atoms. The third-order valence-corrected chi connectivity index (χ3v) is 8.17. The molecule has 2 rings (SSSR count). The summed E-state index contributed by atoms with van der Waals surface area (Å²) >= 11 is 4.97. The first-order valence-corrected chi connectivity index (χ1v) is 16.3. The Hall–Kier alpha value is -0.580. The molecule has 202 valence electrons. The molecule has 2 N–H and O–H groups in total. The molecular formula is C31H56N2S2. The van der Waals surface area contributed by atoms with Crippen LogP contribution in [0.1, 0.15) is 153 Å². The minimum Gasteiger partial charge on any atom is -0.281 e. The van der Waals surface area contributed by atoms with E-state index in [1.54, 1.807) is 0 Å². The smallest absolute Gasteiger partial charge is 0.0938 e. The molecule has 2 aromatic rings. The first-order chi connectivity index (χ1) is 17.3. The zero-order valence-electron chi connectivity index (χ0n) is 23.2. The summed E-state index contributed by atoms with van der Waals surface area (Å²) in [6.07, 6.45) is 30.5. The van der Waals surface area contributed by atoms with E-state index in [1.165, 1.54) is 162 Å². The van der Waals surface area contributed by atoms with Crippen molar-refractivity contribution >= 4 is 34.4 Å². The molecule has 0 saturated heterocycles. The van der Waals surface area contributed by atoms with Gasteiger partial charge in [-0.3, -0.25) is 5.14 Å². The van der Waals surface area contributed by atoms with Crippen LogP contribution >= 0.6 is 24.2 Å². The van der Waals surface area contributed by atoms with Crippen LogP contribution in [-0.4, -0.2) is 4.98 Å². The van der Waals surface area contributed by atoms with Crippen molar-refractivity contribution in [1.82, 2.24) is 4.98 Å². The highest BCUT2D eigenvalue weighted by Gasteiger charge is 2.08. The van der Waals surface area contributed by atoms with Gasteiger partial charge in [-0.05, 0) is 37.3 Å². The molecule has 0 saturated carbocycles. The van der Waals surface area contributed by atoms with Gasteiger partial charge in [0.15, 0.2) is 0 Å². The van der Waals surface area contributed by atoms with Gasteiger partial charge in [-0.15, -0.1) is 24.2 Å². The number of unbranched alkanes of at least 4 members (excludes halogenated alkanes) is 18. The minimum absolute atomic E-state index is 1.17. The third-order valence-electron chi connectivity index (χ3n) is 7.09. The zero-order valence-corrected chi connectivity index (χ0v) is 24.9. The van der Waals surface area contributed by atoms with Crippen molar-refractivity contribution in [1.29, 1.82) is 0 Å². The Bertz CT molecular complexity index is 713. The van der Waals surface area contributed by atoms with E-state index in [0.717, 1.165) is 0 Å². The predicted molar refractivity (Wildman–Crippen MR) is 164 cm³/mol. The summed E-state index contributed by atoms with van der Waals surface area (Å²) in [5.74, 6) is 0. The van der Waals surface area contributed by atoms with E-state index in [2.05, 4.69) is 50.0 Å². The van der Waals surface area contributed by atoms with Gasteiger partial charge >= 0.3 is 0 Å². The molecule has 0 bridgehead atoms. The first-order valence-electron chi connectivity index (χ1n) is 15.0. The van der Waals surface area contributed by atoms with Gasteiger partial charge in [0, 0.05) is 0 Å². The molecule has 0 amide bonds. The van der Waals surface area contributed by atoms with Crippen LogP contribution in [0, 0.1) is 0 Å². The van der Waals surface area contributed by atoms with Crippen molar-refractivity contribution in [3.63, 3.8) is 0 Å². The van der Waals surface area contributed by atoms with Crippen molar-refractivity contribution in [3.05, 3.63) is 28.8 Å². The Morgan fingerprint density at radius 1 is 0.600 bits per heavy atom. The number of benzene rings is 1. The number of nitrogens with zero attached hydrogens (tertiary/aromatic N) is 1. The van der Waals surface area contributed by atoms with Gasteiger partial charge in [-0.1, -0.05) is 142 Å². The van der Waals surface area contributed by atoms with E-state index in [4.69, 9.17) is 4.98 Å². The van der Waals surface area contributed by atoms with Gasteiger partial charge in [0.1, 0.15) is 0 Å².